The number of nitrogens with one attached hydrogen (secondary N) is 2. The normalized spacial score (nSPS) is 10.0. The maximum atomic E-state index is 12.3. The van der Waals surface area contributed by atoms with Crippen LogP contribution in [-0.4, -0.2) is 35.7 Å². The number of amides is 2. The van der Waals surface area contributed by atoms with Crippen molar-refractivity contribution in [3.8, 4) is 23.0 Å². The molecule has 2 aromatic rings. The second-order valence-corrected chi connectivity index (χ2v) is 7.29. The van der Waals surface area contributed by atoms with Crippen molar-refractivity contribution in [2.24, 2.45) is 0 Å². The summed E-state index contributed by atoms with van der Waals surface area (Å²) in [5, 5.41) is 5.11. The third kappa shape index (κ3) is 9.25. The molecule has 0 spiro atoms. The summed E-state index contributed by atoms with van der Waals surface area (Å²) >= 11 is 0. The van der Waals surface area contributed by atoms with Crippen LogP contribution in [0.2, 0.25) is 0 Å². The van der Waals surface area contributed by atoms with E-state index in [4.69, 9.17) is 18.9 Å². The Morgan fingerprint density at radius 3 is 1.14 bits per heavy atom. The van der Waals surface area contributed by atoms with E-state index in [2.05, 4.69) is 10.6 Å². The Balaban J connectivity index is 1.99. The predicted molar refractivity (Wildman–Crippen MR) is 125 cm³/mol. The average Bonchev–Trinajstić information content (AvgIpc) is 2.74. The lowest BCUT2D eigenvalue weighted by atomic mass is 10.2. The summed E-state index contributed by atoms with van der Waals surface area (Å²) in [6.45, 7) is 4.70. The molecule has 2 aromatic carbocycles. The highest BCUT2D eigenvalue weighted by atomic mass is 16.6. The monoisotopic (exact) mass is 500 g/mol. The highest BCUT2D eigenvalue weighted by Gasteiger charge is 2.15. The summed E-state index contributed by atoms with van der Waals surface area (Å²) in [6, 6.07) is 8.18. The first-order valence-electron chi connectivity index (χ1n) is 10.5. The number of rotatable bonds is 9. The first-order chi connectivity index (χ1) is 16.9. The van der Waals surface area contributed by atoms with E-state index in [0.717, 1.165) is 0 Å². The highest BCUT2D eigenvalue weighted by Crippen LogP contribution is 2.32. The van der Waals surface area contributed by atoms with Gasteiger partial charge in [-0.1, -0.05) is 0 Å². The summed E-state index contributed by atoms with van der Waals surface area (Å²) in [7, 11) is 0. The standard InChI is InChI=1S/C24H24N2O10/c1-13(27)33-19-7-5-17(11-21(19)35-15(3)29)25-23(31)9-10-24(32)26-18-6-8-20(34-14(2)28)22(12-18)36-16(4)30/h5-8,11-12H,9-10H2,1-4H3,(H,25,31)(H,26,32). The summed E-state index contributed by atoms with van der Waals surface area (Å²) < 4.78 is 19.9. The molecular weight excluding hydrogens is 476 g/mol. The molecule has 2 amide bonds. The lowest BCUT2D eigenvalue weighted by Gasteiger charge is -2.12. The number of anilines is 2. The summed E-state index contributed by atoms with van der Waals surface area (Å²) in [5.41, 5.74) is 0.499. The van der Waals surface area contributed by atoms with Gasteiger partial charge >= 0.3 is 23.9 Å². The minimum absolute atomic E-state index is 0.00270. The van der Waals surface area contributed by atoms with Crippen molar-refractivity contribution in [1.82, 2.24) is 0 Å². The van der Waals surface area contributed by atoms with E-state index in [9.17, 15) is 28.8 Å². The molecule has 2 rings (SSSR count). The van der Waals surface area contributed by atoms with Crippen LogP contribution in [0.4, 0.5) is 11.4 Å². The molecule has 0 aliphatic carbocycles. The number of carbonyl (C=O) groups excluding carboxylic acids is 6. The molecule has 0 aliphatic rings. The fourth-order valence-corrected chi connectivity index (χ4v) is 2.79. The van der Waals surface area contributed by atoms with Crippen molar-refractivity contribution in [1.29, 1.82) is 0 Å². The van der Waals surface area contributed by atoms with Crippen LogP contribution >= 0.6 is 0 Å². The van der Waals surface area contributed by atoms with Gasteiger partial charge in [-0.15, -0.1) is 0 Å². The molecule has 12 nitrogen and oxygen atoms in total. The van der Waals surface area contributed by atoms with E-state index in [0.29, 0.717) is 0 Å². The molecule has 0 heterocycles. The van der Waals surface area contributed by atoms with Gasteiger partial charge in [0.15, 0.2) is 23.0 Å². The van der Waals surface area contributed by atoms with Crippen LogP contribution in [0.15, 0.2) is 36.4 Å². The maximum Gasteiger partial charge on any atom is 0.308 e. The lowest BCUT2D eigenvalue weighted by molar-refractivity contribution is -0.134. The minimum atomic E-state index is -0.652. The van der Waals surface area contributed by atoms with Crippen LogP contribution in [-0.2, 0) is 28.8 Å². The fourth-order valence-electron chi connectivity index (χ4n) is 2.79. The Hall–Kier alpha value is -4.74. The van der Waals surface area contributed by atoms with Gasteiger partial charge in [-0.3, -0.25) is 28.8 Å². The van der Waals surface area contributed by atoms with Crippen molar-refractivity contribution >= 4 is 47.1 Å². The molecule has 0 bridgehead atoms. The van der Waals surface area contributed by atoms with Gasteiger partial charge in [-0.2, -0.15) is 0 Å². The zero-order chi connectivity index (χ0) is 26.8. The number of carbonyl (C=O) groups is 6. The first-order valence-corrected chi connectivity index (χ1v) is 10.5. The SMILES string of the molecule is CC(=O)Oc1ccc(NC(=O)CCC(=O)Nc2ccc(OC(C)=O)c(OC(C)=O)c2)cc1OC(C)=O. The number of benzene rings is 2. The molecule has 0 fully saturated rings. The third-order valence-corrected chi connectivity index (χ3v) is 4.05. The molecule has 12 heteroatoms. The zero-order valence-corrected chi connectivity index (χ0v) is 20.0. The average molecular weight is 500 g/mol. The van der Waals surface area contributed by atoms with E-state index in [-0.39, 0.29) is 47.2 Å². The van der Waals surface area contributed by atoms with E-state index in [1.165, 1.54) is 64.1 Å². The van der Waals surface area contributed by atoms with Gasteiger partial charge in [0.25, 0.3) is 0 Å². The molecule has 0 aliphatic heterocycles. The zero-order valence-electron chi connectivity index (χ0n) is 20.0. The van der Waals surface area contributed by atoms with E-state index < -0.39 is 35.7 Å². The molecule has 36 heavy (non-hydrogen) atoms. The number of esters is 4. The predicted octanol–water partition coefficient (Wildman–Crippen LogP) is 2.75. The van der Waals surface area contributed by atoms with E-state index in [1.54, 1.807) is 0 Å². The van der Waals surface area contributed by atoms with Gasteiger partial charge < -0.3 is 29.6 Å². The third-order valence-electron chi connectivity index (χ3n) is 4.05. The summed E-state index contributed by atoms with van der Waals surface area (Å²) in [5.74, 6) is -3.68. The van der Waals surface area contributed by atoms with Crippen molar-refractivity contribution < 1.29 is 47.7 Å². The van der Waals surface area contributed by atoms with Gasteiger partial charge in [-0.05, 0) is 24.3 Å². The summed E-state index contributed by atoms with van der Waals surface area (Å²) in [4.78, 5) is 69.6. The molecule has 0 radical (unpaired) electrons. The van der Waals surface area contributed by atoms with Crippen LogP contribution in [0.5, 0.6) is 23.0 Å². The number of hydrogen-bond acceptors (Lipinski definition) is 10. The maximum absolute atomic E-state index is 12.3. The largest absolute Gasteiger partial charge is 0.423 e. The molecule has 0 unspecified atom stereocenters. The van der Waals surface area contributed by atoms with E-state index >= 15 is 0 Å². The Kier molecular flexibility index (Phi) is 9.66. The molecule has 0 saturated carbocycles. The smallest absolute Gasteiger partial charge is 0.308 e. The van der Waals surface area contributed by atoms with Crippen LogP contribution in [0.1, 0.15) is 40.5 Å². The molecule has 190 valence electrons. The second-order valence-electron chi connectivity index (χ2n) is 7.29. The van der Waals surface area contributed by atoms with Crippen LogP contribution in [0.3, 0.4) is 0 Å². The Morgan fingerprint density at radius 2 is 0.833 bits per heavy atom. The Bertz CT molecular complexity index is 1110. The van der Waals surface area contributed by atoms with Crippen molar-refractivity contribution in [3.05, 3.63) is 36.4 Å². The van der Waals surface area contributed by atoms with Crippen molar-refractivity contribution in [2.75, 3.05) is 10.6 Å². The number of hydrogen-bond donors (Lipinski definition) is 2. The van der Waals surface area contributed by atoms with Gasteiger partial charge in [0.1, 0.15) is 0 Å². The van der Waals surface area contributed by atoms with Crippen LogP contribution in [0, 0.1) is 0 Å². The quantitative estimate of drug-likeness (QED) is 0.386. The second kappa shape index (κ2) is 12.6. The van der Waals surface area contributed by atoms with Gasteiger partial charge in [0.2, 0.25) is 11.8 Å². The summed E-state index contributed by atoms with van der Waals surface area (Å²) in [6.07, 6.45) is -0.383. The van der Waals surface area contributed by atoms with Crippen LogP contribution in [0.25, 0.3) is 0 Å². The fraction of sp³-hybridized carbons (Fsp3) is 0.250. The topological polar surface area (TPSA) is 163 Å². The van der Waals surface area contributed by atoms with Crippen molar-refractivity contribution in [2.45, 2.75) is 40.5 Å². The molecule has 0 atom stereocenters. The molecular formula is C24H24N2O10. The van der Waals surface area contributed by atoms with Gasteiger partial charge in [-0.25, -0.2) is 0 Å². The Morgan fingerprint density at radius 1 is 0.528 bits per heavy atom. The van der Waals surface area contributed by atoms with E-state index in [1.807, 2.05) is 0 Å². The highest BCUT2D eigenvalue weighted by molar-refractivity contribution is 5.97. The van der Waals surface area contributed by atoms with Gasteiger partial charge in [0, 0.05) is 64.0 Å². The number of ether oxygens (including phenoxy) is 4. The molecule has 0 saturated heterocycles. The first kappa shape index (κ1) is 27.5. The molecule has 2 N–H and O–H groups in total. The van der Waals surface area contributed by atoms with Gasteiger partial charge in [0.05, 0.1) is 0 Å². The Labute approximate surface area is 205 Å². The minimum Gasteiger partial charge on any atom is -0.423 e. The van der Waals surface area contributed by atoms with Crippen molar-refractivity contribution in [3.63, 3.8) is 0 Å². The molecule has 0 aromatic heterocycles. The van der Waals surface area contributed by atoms with Crippen LogP contribution < -0.4 is 29.6 Å². The lowest BCUT2D eigenvalue weighted by Crippen LogP contribution is -2.17.